The minimum Gasteiger partial charge on any atom is -0.469 e. The van der Waals surface area contributed by atoms with E-state index in [-0.39, 0.29) is 30.5 Å². The van der Waals surface area contributed by atoms with E-state index in [1.54, 1.807) is 42.5 Å². The molecule has 0 radical (unpaired) electrons. The zero-order chi connectivity index (χ0) is 18.2. The second kappa shape index (κ2) is 8.63. The number of ether oxygens (including phenoxy) is 1. The van der Waals surface area contributed by atoms with Gasteiger partial charge in [0.15, 0.2) is 5.78 Å². The van der Waals surface area contributed by atoms with Crippen molar-refractivity contribution >= 4 is 29.0 Å². The number of amides is 1. The zero-order valence-corrected chi connectivity index (χ0v) is 14.0. The lowest BCUT2D eigenvalue weighted by atomic mass is 10.0. The predicted octanol–water partition coefficient (Wildman–Crippen LogP) is 2.78. The number of methoxy groups -OCH3 is 1. The predicted molar refractivity (Wildman–Crippen MR) is 95.2 cm³/mol. The maximum atomic E-state index is 12.7. The van der Waals surface area contributed by atoms with Gasteiger partial charge < -0.3 is 15.8 Å². The molecule has 2 aromatic carbocycles. The first-order valence-electron chi connectivity index (χ1n) is 7.87. The summed E-state index contributed by atoms with van der Waals surface area (Å²) in [4.78, 5) is 35.8. The molecule has 0 saturated carbocycles. The molecule has 0 aliphatic carbocycles. The SMILES string of the molecule is COC(=O)CCCC(=O)Nc1ccc(N)cc1C(=O)c1ccccc1. The number of ketones is 1. The summed E-state index contributed by atoms with van der Waals surface area (Å²) in [6, 6.07) is 13.5. The molecule has 2 aromatic rings. The highest BCUT2D eigenvalue weighted by Gasteiger charge is 2.16. The van der Waals surface area contributed by atoms with Crippen LogP contribution in [0, 0.1) is 0 Å². The quantitative estimate of drug-likeness (QED) is 0.459. The van der Waals surface area contributed by atoms with Crippen LogP contribution in [-0.2, 0) is 14.3 Å². The van der Waals surface area contributed by atoms with Crippen LogP contribution in [0.25, 0.3) is 0 Å². The van der Waals surface area contributed by atoms with Crippen LogP contribution in [0.3, 0.4) is 0 Å². The molecule has 6 heteroatoms. The molecule has 6 nitrogen and oxygen atoms in total. The Morgan fingerprint density at radius 1 is 1.04 bits per heavy atom. The number of nitrogens with two attached hydrogens (primary N) is 1. The monoisotopic (exact) mass is 340 g/mol. The van der Waals surface area contributed by atoms with Gasteiger partial charge in [-0.25, -0.2) is 0 Å². The number of hydrogen-bond acceptors (Lipinski definition) is 5. The Balaban J connectivity index is 2.12. The molecule has 1 amide bonds. The lowest BCUT2D eigenvalue weighted by Crippen LogP contribution is -2.15. The van der Waals surface area contributed by atoms with E-state index in [1.807, 2.05) is 6.07 Å². The highest BCUT2D eigenvalue weighted by molar-refractivity contribution is 6.14. The van der Waals surface area contributed by atoms with Crippen molar-refractivity contribution in [3.05, 3.63) is 59.7 Å². The van der Waals surface area contributed by atoms with Crippen LogP contribution in [0.15, 0.2) is 48.5 Å². The average Bonchev–Trinajstić information content (AvgIpc) is 2.63. The number of carbonyl (C=O) groups is 3. The van der Waals surface area contributed by atoms with Crippen molar-refractivity contribution in [2.75, 3.05) is 18.2 Å². The highest BCUT2D eigenvalue weighted by Crippen LogP contribution is 2.22. The van der Waals surface area contributed by atoms with Crippen molar-refractivity contribution in [1.29, 1.82) is 0 Å². The number of nitrogens with one attached hydrogen (secondary N) is 1. The summed E-state index contributed by atoms with van der Waals surface area (Å²) in [7, 11) is 1.30. The van der Waals surface area contributed by atoms with Crippen LogP contribution in [0.4, 0.5) is 11.4 Å². The maximum Gasteiger partial charge on any atom is 0.305 e. The number of benzene rings is 2. The summed E-state index contributed by atoms with van der Waals surface area (Å²) in [6.07, 6.45) is 0.690. The lowest BCUT2D eigenvalue weighted by Gasteiger charge is -2.11. The van der Waals surface area contributed by atoms with E-state index in [0.29, 0.717) is 28.9 Å². The van der Waals surface area contributed by atoms with Gasteiger partial charge in [0.25, 0.3) is 0 Å². The van der Waals surface area contributed by atoms with Crippen LogP contribution >= 0.6 is 0 Å². The maximum absolute atomic E-state index is 12.7. The van der Waals surface area contributed by atoms with Crippen LogP contribution in [0.1, 0.15) is 35.2 Å². The summed E-state index contributed by atoms with van der Waals surface area (Å²) in [6.45, 7) is 0. The molecular weight excluding hydrogens is 320 g/mol. The van der Waals surface area contributed by atoms with Crippen LogP contribution in [0.2, 0.25) is 0 Å². The lowest BCUT2D eigenvalue weighted by molar-refractivity contribution is -0.140. The fourth-order valence-corrected chi connectivity index (χ4v) is 2.31. The highest BCUT2D eigenvalue weighted by atomic mass is 16.5. The first-order valence-corrected chi connectivity index (χ1v) is 7.87. The third-order valence-electron chi connectivity index (χ3n) is 3.61. The van der Waals surface area contributed by atoms with Gasteiger partial charge in [0.2, 0.25) is 5.91 Å². The molecule has 0 heterocycles. The summed E-state index contributed by atoms with van der Waals surface area (Å²) < 4.78 is 4.53. The molecule has 0 spiro atoms. The second-order valence-corrected chi connectivity index (χ2v) is 5.48. The van der Waals surface area contributed by atoms with Gasteiger partial charge in [-0.05, 0) is 24.6 Å². The molecular formula is C19H20N2O4. The Hall–Kier alpha value is -3.15. The third kappa shape index (κ3) is 5.17. The van der Waals surface area contributed by atoms with Gasteiger partial charge in [-0.1, -0.05) is 30.3 Å². The van der Waals surface area contributed by atoms with Gasteiger partial charge in [0, 0.05) is 29.7 Å². The molecule has 3 N–H and O–H groups in total. The topological polar surface area (TPSA) is 98.5 Å². The minimum absolute atomic E-state index is 0.151. The number of anilines is 2. The molecule has 0 atom stereocenters. The first kappa shape index (κ1) is 18.2. The number of carbonyl (C=O) groups excluding carboxylic acids is 3. The van der Waals surface area contributed by atoms with Crippen molar-refractivity contribution in [2.24, 2.45) is 0 Å². The first-order chi connectivity index (χ1) is 12.0. The van der Waals surface area contributed by atoms with Crippen molar-refractivity contribution in [2.45, 2.75) is 19.3 Å². The van der Waals surface area contributed by atoms with Crippen molar-refractivity contribution in [1.82, 2.24) is 0 Å². The van der Waals surface area contributed by atoms with Gasteiger partial charge in [0.05, 0.1) is 12.8 Å². The van der Waals surface area contributed by atoms with Crippen LogP contribution in [-0.4, -0.2) is 24.8 Å². The van der Waals surface area contributed by atoms with E-state index in [1.165, 1.54) is 7.11 Å². The average molecular weight is 340 g/mol. The minimum atomic E-state index is -0.361. The molecule has 0 saturated heterocycles. The van der Waals surface area contributed by atoms with Gasteiger partial charge in [-0.15, -0.1) is 0 Å². The molecule has 130 valence electrons. The summed E-state index contributed by atoms with van der Waals surface area (Å²) >= 11 is 0. The van der Waals surface area contributed by atoms with Gasteiger partial charge >= 0.3 is 5.97 Å². The van der Waals surface area contributed by atoms with E-state index >= 15 is 0 Å². The number of nitrogen functional groups attached to an aromatic ring is 1. The zero-order valence-electron chi connectivity index (χ0n) is 14.0. The molecule has 25 heavy (non-hydrogen) atoms. The Morgan fingerprint density at radius 3 is 2.44 bits per heavy atom. The van der Waals surface area contributed by atoms with Gasteiger partial charge in [-0.3, -0.25) is 14.4 Å². The largest absolute Gasteiger partial charge is 0.469 e. The number of rotatable bonds is 7. The van der Waals surface area contributed by atoms with E-state index in [9.17, 15) is 14.4 Å². The number of hydrogen-bond donors (Lipinski definition) is 2. The molecule has 2 rings (SSSR count). The fraction of sp³-hybridized carbons (Fsp3) is 0.211. The van der Waals surface area contributed by atoms with Crippen molar-refractivity contribution in [3.8, 4) is 0 Å². The van der Waals surface area contributed by atoms with Crippen molar-refractivity contribution < 1.29 is 19.1 Å². The van der Waals surface area contributed by atoms with E-state index in [2.05, 4.69) is 10.1 Å². The van der Waals surface area contributed by atoms with E-state index in [0.717, 1.165) is 0 Å². The van der Waals surface area contributed by atoms with E-state index in [4.69, 9.17) is 5.73 Å². The molecule has 0 unspecified atom stereocenters. The normalized spacial score (nSPS) is 10.1. The molecule has 0 bridgehead atoms. The van der Waals surface area contributed by atoms with Crippen molar-refractivity contribution in [3.63, 3.8) is 0 Å². The standard InChI is InChI=1S/C19H20N2O4/c1-25-18(23)9-5-8-17(22)21-16-11-10-14(20)12-15(16)19(24)13-6-3-2-4-7-13/h2-4,6-7,10-12H,5,8-9,20H2,1H3,(H,21,22). The van der Waals surface area contributed by atoms with Crippen LogP contribution < -0.4 is 11.1 Å². The van der Waals surface area contributed by atoms with E-state index < -0.39 is 0 Å². The third-order valence-corrected chi connectivity index (χ3v) is 3.61. The summed E-state index contributed by atoms with van der Waals surface area (Å²) in [5, 5.41) is 2.71. The Morgan fingerprint density at radius 2 is 1.76 bits per heavy atom. The van der Waals surface area contributed by atoms with Gasteiger partial charge in [-0.2, -0.15) is 0 Å². The Labute approximate surface area is 146 Å². The Kier molecular flexibility index (Phi) is 6.28. The Bertz CT molecular complexity index is 772. The van der Waals surface area contributed by atoms with Crippen LogP contribution in [0.5, 0.6) is 0 Å². The molecule has 0 aliphatic heterocycles. The fourth-order valence-electron chi connectivity index (χ4n) is 2.31. The molecule has 0 aliphatic rings. The van der Waals surface area contributed by atoms with Gasteiger partial charge in [0.1, 0.15) is 0 Å². The molecule has 0 fully saturated rings. The summed E-state index contributed by atoms with van der Waals surface area (Å²) in [5.74, 6) is -0.867. The summed E-state index contributed by atoms with van der Waals surface area (Å²) in [5.41, 5.74) is 7.45. The molecule has 0 aromatic heterocycles. The second-order valence-electron chi connectivity index (χ2n) is 5.48. The smallest absolute Gasteiger partial charge is 0.305 e. The number of esters is 1.